The summed E-state index contributed by atoms with van der Waals surface area (Å²) >= 11 is 0. The van der Waals surface area contributed by atoms with Gasteiger partial charge in [-0.25, -0.2) is 9.36 Å². The first-order valence-electron chi connectivity index (χ1n) is 11.6. The van der Waals surface area contributed by atoms with Crippen LogP contribution >= 0.6 is 0 Å². The number of hydrogen-bond acceptors (Lipinski definition) is 5. The molecule has 0 saturated carbocycles. The first-order valence-corrected chi connectivity index (χ1v) is 11.6. The van der Waals surface area contributed by atoms with E-state index in [0.717, 1.165) is 40.6 Å². The Hall–Kier alpha value is -3.93. The minimum atomic E-state index is -0.469. The molecule has 4 aromatic rings. The van der Waals surface area contributed by atoms with Gasteiger partial charge in [-0.2, -0.15) is 5.10 Å². The molecular formula is C28H29N4O2+. The van der Waals surface area contributed by atoms with Gasteiger partial charge in [-0.15, -0.1) is 0 Å². The van der Waals surface area contributed by atoms with Crippen LogP contribution < -0.4 is 14.5 Å². The third-order valence-electron chi connectivity index (χ3n) is 6.60. The van der Waals surface area contributed by atoms with Crippen molar-refractivity contribution in [2.75, 3.05) is 37.2 Å². The van der Waals surface area contributed by atoms with Crippen molar-refractivity contribution in [3.05, 3.63) is 78.5 Å². The minimum absolute atomic E-state index is 0.273. The second-order valence-corrected chi connectivity index (χ2v) is 8.66. The highest BCUT2D eigenvalue weighted by atomic mass is 16.5. The molecule has 34 heavy (non-hydrogen) atoms. The second-order valence-electron chi connectivity index (χ2n) is 8.66. The molecule has 0 spiro atoms. The number of anilines is 2. The number of aromatic nitrogens is 1. The topological polar surface area (TPSA) is 49.0 Å². The van der Waals surface area contributed by atoms with Crippen LogP contribution in [0.25, 0.3) is 21.7 Å². The lowest BCUT2D eigenvalue weighted by Crippen LogP contribution is -2.30. The standard InChI is InChI=1S/C28H29N4O2/c1-30-19-16-23(22-12-6-7-13-24(22)30)27(28(33)34-3)29-31(2)25-14-15-26(32-17-8-9-18-32)21-11-5-4-10-20(21)25/h4-7,10-16,19H,8-9,17-18H2,1-3H3/q+1. The highest BCUT2D eigenvalue weighted by Crippen LogP contribution is 2.35. The number of fused-ring (bicyclic) bond motifs is 2. The second kappa shape index (κ2) is 9.14. The van der Waals surface area contributed by atoms with Gasteiger partial charge in [0, 0.05) is 54.3 Å². The van der Waals surface area contributed by atoms with E-state index in [9.17, 15) is 4.79 Å². The van der Waals surface area contributed by atoms with E-state index in [0.29, 0.717) is 0 Å². The van der Waals surface area contributed by atoms with Crippen LogP contribution in [0, 0.1) is 0 Å². The summed E-state index contributed by atoms with van der Waals surface area (Å²) < 4.78 is 7.18. The number of rotatable bonds is 5. The summed E-state index contributed by atoms with van der Waals surface area (Å²) in [4.78, 5) is 15.4. The van der Waals surface area contributed by atoms with Gasteiger partial charge >= 0.3 is 5.97 Å². The van der Waals surface area contributed by atoms with E-state index < -0.39 is 5.97 Å². The summed E-state index contributed by atoms with van der Waals surface area (Å²) in [5.41, 5.74) is 4.22. The predicted molar refractivity (Wildman–Crippen MR) is 137 cm³/mol. The fourth-order valence-electron chi connectivity index (χ4n) is 4.86. The summed E-state index contributed by atoms with van der Waals surface area (Å²) in [6, 6.07) is 22.6. The van der Waals surface area contributed by atoms with E-state index in [1.807, 2.05) is 61.3 Å². The highest BCUT2D eigenvalue weighted by molar-refractivity contribution is 6.45. The number of ether oxygens (including phenoxy) is 1. The average molecular weight is 454 g/mol. The van der Waals surface area contributed by atoms with Gasteiger partial charge in [-0.3, -0.25) is 5.01 Å². The highest BCUT2D eigenvalue weighted by Gasteiger charge is 2.23. The number of benzene rings is 3. The van der Waals surface area contributed by atoms with Crippen molar-refractivity contribution in [2.45, 2.75) is 12.8 Å². The Morgan fingerprint density at radius 1 is 0.941 bits per heavy atom. The fourth-order valence-corrected chi connectivity index (χ4v) is 4.86. The zero-order valence-corrected chi connectivity index (χ0v) is 19.9. The fraction of sp³-hybridized carbons (Fsp3) is 0.250. The molecule has 0 aliphatic carbocycles. The maximum absolute atomic E-state index is 12.9. The Balaban J connectivity index is 1.64. The molecule has 172 valence electrons. The van der Waals surface area contributed by atoms with E-state index in [4.69, 9.17) is 9.84 Å². The first kappa shape index (κ1) is 21.9. The lowest BCUT2D eigenvalue weighted by Gasteiger charge is -2.23. The van der Waals surface area contributed by atoms with Crippen molar-refractivity contribution >= 4 is 44.7 Å². The number of carbonyl (C=O) groups excluding carboxylic acids is 1. The van der Waals surface area contributed by atoms with Gasteiger partial charge in [0.15, 0.2) is 11.9 Å². The minimum Gasteiger partial charge on any atom is -0.464 e. The number of nitrogens with zero attached hydrogens (tertiary/aromatic N) is 4. The maximum atomic E-state index is 12.9. The molecule has 1 aliphatic rings. The molecule has 2 heterocycles. The van der Waals surface area contributed by atoms with Crippen LogP contribution in [0.15, 0.2) is 78.0 Å². The Morgan fingerprint density at radius 3 is 2.35 bits per heavy atom. The third-order valence-corrected chi connectivity index (χ3v) is 6.60. The van der Waals surface area contributed by atoms with Crippen LogP contribution in [0.1, 0.15) is 18.4 Å². The van der Waals surface area contributed by atoms with E-state index in [-0.39, 0.29) is 5.71 Å². The number of hydrazone groups is 1. The van der Waals surface area contributed by atoms with Gasteiger partial charge in [0.2, 0.25) is 5.52 Å². The quantitative estimate of drug-likeness (QED) is 0.194. The van der Waals surface area contributed by atoms with Crippen LogP contribution in [-0.4, -0.2) is 38.9 Å². The summed E-state index contributed by atoms with van der Waals surface area (Å²) in [5.74, 6) is -0.469. The molecule has 1 saturated heterocycles. The van der Waals surface area contributed by atoms with Crippen LogP contribution in [0.4, 0.5) is 11.4 Å². The molecule has 6 heteroatoms. The Bertz CT molecular complexity index is 1410. The molecule has 0 atom stereocenters. The van der Waals surface area contributed by atoms with E-state index in [2.05, 4.69) is 35.2 Å². The zero-order chi connectivity index (χ0) is 23.7. The number of aryl methyl sites for hydroxylation is 1. The largest absolute Gasteiger partial charge is 0.464 e. The Morgan fingerprint density at radius 2 is 1.62 bits per heavy atom. The number of hydrogen-bond donors (Lipinski definition) is 0. The molecule has 1 fully saturated rings. The van der Waals surface area contributed by atoms with Gasteiger partial charge in [0.1, 0.15) is 7.05 Å². The van der Waals surface area contributed by atoms with Crippen LogP contribution in [0.2, 0.25) is 0 Å². The molecule has 0 bridgehead atoms. The van der Waals surface area contributed by atoms with E-state index in [1.54, 1.807) is 5.01 Å². The molecule has 3 aromatic carbocycles. The smallest absolute Gasteiger partial charge is 0.359 e. The van der Waals surface area contributed by atoms with Crippen LogP contribution in [0.3, 0.4) is 0 Å². The van der Waals surface area contributed by atoms with E-state index in [1.165, 1.54) is 31.0 Å². The molecule has 0 amide bonds. The molecule has 1 aromatic heterocycles. The molecule has 0 unspecified atom stereocenters. The SMILES string of the molecule is COC(=O)C(=NN(C)c1ccc(N2CCCC2)c2ccccc12)c1cc[n+](C)c2ccccc12. The maximum Gasteiger partial charge on any atom is 0.359 e. The number of esters is 1. The van der Waals surface area contributed by atoms with Gasteiger partial charge < -0.3 is 9.64 Å². The van der Waals surface area contributed by atoms with Gasteiger partial charge in [-0.05, 0) is 31.0 Å². The zero-order valence-electron chi connectivity index (χ0n) is 19.9. The third kappa shape index (κ3) is 3.85. The van der Waals surface area contributed by atoms with Gasteiger partial charge in [0.25, 0.3) is 0 Å². The number of methoxy groups -OCH3 is 1. The molecular weight excluding hydrogens is 424 g/mol. The van der Waals surface area contributed by atoms with Crippen molar-refractivity contribution in [1.29, 1.82) is 0 Å². The average Bonchev–Trinajstić information content (AvgIpc) is 3.41. The molecule has 0 N–H and O–H groups in total. The molecule has 5 rings (SSSR count). The lowest BCUT2D eigenvalue weighted by atomic mass is 10.0. The molecule has 6 nitrogen and oxygen atoms in total. The number of pyridine rings is 1. The van der Waals surface area contributed by atoms with E-state index >= 15 is 0 Å². The van der Waals surface area contributed by atoms with Gasteiger partial charge in [0.05, 0.1) is 18.2 Å². The van der Waals surface area contributed by atoms with Crippen molar-refractivity contribution in [3.63, 3.8) is 0 Å². The summed E-state index contributed by atoms with van der Waals surface area (Å²) in [7, 11) is 5.26. The monoisotopic (exact) mass is 453 g/mol. The Labute approximate surface area is 199 Å². The summed E-state index contributed by atoms with van der Waals surface area (Å²) in [5, 5.41) is 9.82. The van der Waals surface area contributed by atoms with Crippen LogP contribution in [0.5, 0.6) is 0 Å². The number of para-hydroxylation sites is 1. The Kier molecular flexibility index (Phi) is 5.88. The summed E-state index contributed by atoms with van der Waals surface area (Å²) in [6.45, 7) is 2.17. The van der Waals surface area contributed by atoms with Crippen LogP contribution in [-0.2, 0) is 16.6 Å². The number of carbonyl (C=O) groups is 1. The van der Waals surface area contributed by atoms with Crippen molar-refractivity contribution < 1.29 is 14.1 Å². The van der Waals surface area contributed by atoms with Crippen molar-refractivity contribution in [3.8, 4) is 0 Å². The van der Waals surface area contributed by atoms with Crippen molar-refractivity contribution in [1.82, 2.24) is 0 Å². The molecule has 0 radical (unpaired) electrons. The first-order chi connectivity index (χ1) is 16.6. The van der Waals surface area contributed by atoms with Gasteiger partial charge in [-0.1, -0.05) is 36.4 Å². The normalized spacial score (nSPS) is 14.1. The predicted octanol–water partition coefficient (Wildman–Crippen LogP) is 4.43. The summed E-state index contributed by atoms with van der Waals surface area (Å²) in [6.07, 6.45) is 4.40. The van der Waals surface area contributed by atoms with Crippen molar-refractivity contribution in [2.24, 2.45) is 12.1 Å². The lowest BCUT2D eigenvalue weighted by molar-refractivity contribution is -0.644. The molecule has 1 aliphatic heterocycles.